The van der Waals surface area contributed by atoms with E-state index in [1.165, 1.54) is 12.0 Å². The van der Waals surface area contributed by atoms with Crippen molar-refractivity contribution in [1.82, 2.24) is 24.4 Å². The van der Waals surface area contributed by atoms with E-state index < -0.39 is 0 Å². The molecule has 0 aromatic carbocycles. The van der Waals surface area contributed by atoms with Gasteiger partial charge in [-0.25, -0.2) is 9.50 Å². The van der Waals surface area contributed by atoms with Crippen molar-refractivity contribution in [3.05, 3.63) is 29.7 Å². The highest BCUT2D eigenvalue weighted by atomic mass is 16.5. The van der Waals surface area contributed by atoms with E-state index in [1.807, 2.05) is 11.0 Å². The molecule has 0 N–H and O–H groups in total. The van der Waals surface area contributed by atoms with Gasteiger partial charge in [0.25, 0.3) is 5.91 Å². The molecule has 0 saturated carbocycles. The zero-order chi connectivity index (χ0) is 18.0. The van der Waals surface area contributed by atoms with Crippen molar-refractivity contribution in [2.75, 3.05) is 40.9 Å². The normalized spacial score (nSPS) is 17.7. The number of carbonyl (C=O) groups is 2. The Balaban J connectivity index is 1.91. The third kappa shape index (κ3) is 3.34. The molecule has 25 heavy (non-hydrogen) atoms. The number of hydrogen-bond donors (Lipinski definition) is 0. The molecule has 134 valence electrons. The van der Waals surface area contributed by atoms with E-state index in [9.17, 15) is 9.59 Å². The molecule has 1 fully saturated rings. The molecule has 2 aromatic heterocycles. The Labute approximate surface area is 146 Å². The molecule has 1 unspecified atom stereocenters. The molecule has 8 nitrogen and oxygen atoms in total. The van der Waals surface area contributed by atoms with Gasteiger partial charge in [-0.2, -0.15) is 5.10 Å². The fourth-order valence-corrected chi connectivity index (χ4v) is 3.27. The van der Waals surface area contributed by atoms with Gasteiger partial charge in [-0.15, -0.1) is 0 Å². The largest absolute Gasteiger partial charge is 0.375 e. The highest BCUT2D eigenvalue weighted by Gasteiger charge is 2.27. The summed E-state index contributed by atoms with van der Waals surface area (Å²) in [4.78, 5) is 32.1. The van der Waals surface area contributed by atoms with Crippen molar-refractivity contribution in [2.24, 2.45) is 0 Å². The molecule has 2 amide bonds. The van der Waals surface area contributed by atoms with Crippen molar-refractivity contribution in [1.29, 1.82) is 0 Å². The van der Waals surface area contributed by atoms with Gasteiger partial charge in [-0.3, -0.25) is 9.59 Å². The maximum absolute atomic E-state index is 12.3. The SMILES string of the molecule is COCC(=O)N1CCCC(c2ccnc3c(C(=O)N(C)C)cnn23)C1. The Morgan fingerprint density at radius 3 is 2.92 bits per heavy atom. The molecule has 0 radical (unpaired) electrons. The zero-order valence-corrected chi connectivity index (χ0v) is 14.8. The van der Waals surface area contributed by atoms with Crippen LogP contribution < -0.4 is 0 Å². The molecule has 3 rings (SSSR count). The average molecular weight is 345 g/mol. The smallest absolute Gasteiger partial charge is 0.258 e. The van der Waals surface area contributed by atoms with Gasteiger partial charge in [0, 0.05) is 46.4 Å². The lowest BCUT2D eigenvalue weighted by atomic mass is 9.94. The van der Waals surface area contributed by atoms with Gasteiger partial charge in [0.15, 0.2) is 5.65 Å². The Kier molecular flexibility index (Phi) is 4.98. The van der Waals surface area contributed by atoms with E-state index in [1.54, 1.807) is 31.0 Å². The second-order valence-electron chi connectivity index (χ2n) is 6.47. The van der Waals surface area contributed by atoms with Crippen LogP contribution in [0.5, 0.6) is 0 Å². The van der Waals surface area contributed by atoms with E-state index in [2.05, 4.69) is 10.1 Å². The molecule has 0 aliphatic carbocycles. The number of likely N-dealkylation sites (tertiary alicyclic amines) is 1. The minimum Gasteiger partial charge on any atom is -0.375 e. The number of rotatable bonds is 4. The van der Waals surface area contributed by atoms with Crippen LogP contribution in [0.25, 0.3) is 5.65 Å². The summed E-state index contributed by atoms with van der Waals surface area (Å²) >= 11 is 0. The summed E-state index contributed by atoms with van der Waals surface area (Å²) in [6.45, 7) is 1.47. The number of nitrogens with zero attached hydrogens (tertiary/aromatic N) is 5. The molecule has 8 heteroatoms. The Hall–Kier alpha value is -2.48. The maximum atomic E-state index is 12.3. The third-order valence-corrected chi connectivity index (χ3v) is 4.53. The Morgan fingerprint density at radius 1 is 1.40 bits per heavy atom. The standard InChI is InChI=1S/C17H23N5O3/c1-20(2)17(24)13-9-19-22-14(6-7-18-16(13)22)12-5-4-8-21(10-12)15(23)11-25-3/h6-7,9,12H,4-5,8,10-11H2,1-3H3. The van der Waals surface area contributed by atoms with Crippen LogP contribution in [0.2, 0.25) is 0 Å². The van der Waals surface area contributed by atoms with E-state index in [4.69, 9.17) is 4.74 Å². The van der Waals surface area contributed by atoms with Crippen molar-refractivity contribution >= 4 is 17.5 Å². The topological polar surface area (TPSA) is 80.0 Å². The predicted octanol–water partition coefficient (Wildman–Crippen LogP) is 0.783. The second-order valence-corrected chi connectivity index (χ2v) is 6.47. The summed E-state index contributed by atoms with van der Waals surface area (Å²) in [7, 11) is 4.94. The number of fused-ring (bicyclic) bond motifs is 1. The molecule has 0 bridgehead atoms. The number of amides is 2. The fourth-order valence-electron chi connectivity index (χ4n) is 3.27. The number of aromatic nitrogens is 3. The minimum absolute atomic E-state index is 0.00133. The third-order valence-electron chi connectivity index (χ3n) is 4.53. The molecule has 1 aliphatic rings. The second kappa shape index (κ2) is 7.18. The van der Waals surface area contributed by atoms with Gasteiger partial charge in [0.2, 0.25) is 5.91 Å². The van der Waals surface area contributed by atoms with Crippen LogP contribution in [0, 0.1) is 0 Å². The summed E-state index contributed by atoms with van der Waals surface area (Å²) in [6, 6.07) is 1.92. The maximum Gasteiger partial charge on any atom is 0.258 e. The first-order valence-corrected chi connectivity index (χ1v) is 8.34. The molecule has 1 aliphatic heterocycles. The van der Waals surface area contributed by atoms with Crippen molar-refractivity contribution in [2.45, 2.75) is 18.8 Å². The molecule has 1 saturated heterocycles. The van der Waals surface area contributed by atoms with Crippen LogP contribution in [-0.4, -0.2) is 77.1 Å². The summed E-state index contributed by atoms with van der Waals surface area (Å²) in [5, 5.41) is 4.38. The fraction of sp³-hybridized carbons (Fsp3) is 0.529. The number of hydrogen-bond acceptors (Lipinski definition) is 5. The minimum atomic E-state index is -0.125. The predicted molar refractivity (Wildman–Crippen MR) is 91.4 cm³/mol. The van der Waals surface area contributed by atoms with Crippen LogP contribution >= 0.6 is 0 Å². The first-order chi connectivity index (χ1) is 12.0. The number of carbonyl (C=O) groups excluding carboxylic acids is 2. The quantitative estimate of drug-likeness (QED) is 0.818. The highest BCUT2D eigenvalue weighted by molar-refractivity contribution is 5.99. The van der Waals surface area contributed by atoms with Gasteiger partial charge in [0.1, 0.15) is 12.2 Å². The Bertz CT molecular complexity index is 786. The Morgan fingerprint density at radius 2 is 2.20 bits per heavy atom. The summed E-state index contributed by atoms with van der Waals surface area (Å²) in [5.41, 5.74) is 2.00. The molecule has 1 atom stereocenters. The van der Waals surface area contributed by atoms with E-state index in [0.717, 1.165) is 25.1 Å². The lowest BCUT2D eigenvalue weighted by Crippen LogP contribution is -2.41. The van der Waals surface area contributed by atoms with Gasteiger partial charge in [0.05, 0.1) is 11.9 Å². The zero-order valence-electron chi connectivity index (χ0n) is 14.8. The van der Waals surface area contributed by atoms with Crippen molar-refractivity contribution in [3.8, 4) is 0 Å². The molecular formula is C17H23N5O3. The van der Waals surface area contributed by atoms with Gasteiger partial charge < -0.3 is 14.5 Å². The molecule has 2 aromatic rings. The molecule has 0 spiro atoms. The average Bonchev–Trinajstić information content (AvgIpc) is 3.05. The molecule has 3 heterocycles. The number of ether oxygens (including phenoxy) is 1. The van der Waals surface area contributed by atoms with Gasteiger partial charge in [-0.1, -0.05) is 0 Å². The van der Waals surface area contributed by atoms with Crippen molar-refractivity contribution in [3.63, 3.8) is 0 Å². The number of methoxy groups -OCH3 is 1. The van der Waals surface area contributed by atoms with E-state index in [-0.39, 0.29) is 24.3 Å². The molecular weight excluding hydrogens is 322 g/mol. The van der Waals surface area contributed by atoms with Gasteiger partial charge in [-0.05, 0) is 18.9 Å². The van der Waals surface area contributed by atoms with E-state index in [0.29, 0.717) is 17.8 Å². The van der Waals surface area contributed by atoms with Crippen LogP contribution in [0.4, 0.5) is 0 Å². The van der Waals surface area contributed by atoms with Crippen molar-refractivity contribution < 1.29 is 14.3 Å². The van der Waals surface area contributed by atoms with Crippen LogP contribution in [-0.2, 0) is 9.53 Å². The first-order valence-electron chi connectivity index (χ1n) is 8.34. The lowest BCUT2D eigenvalue weighted by molar-refractivity contribution is -0.136. The monoisotopic (exact) mass is 345 g/mol. The van der Waals surface area contributed by atoms with Crippen LogP contribution in [0.15, 0.2) is 18.5 Å². The van der Waals surface area contributed by atoms with Gasteiger partial charge >= 0.3 is 0 Å². The van der Waals surface area contributed by atoms with E-state index >= 15 is 0 Å². The first kappa shape index (κ1) is 17.3. The number of piperidine rings is 1. The lowest BCUT2D eigenvalue weighted by Gasteiger charge is -2.32. The highest BCUT2D eigenvalue weighted by Crippen LogP contribution is 2.27. The summed E-state index contributed by atoms with van der Waals surface area (Å²) in [6.07, 6.45) is 5.15. The van der Waals surface area contributed by atoms with Crippen LogP contribution in [0.3, 0.4) is 0 Å². The van der Waals surface area contributed by atoms with Crippen LogP contribution in [0.1, 0.15) is 34.8 Å². The summed E-state index contributed by atoms with van der Waals surface area (Å²) < 4.78 is 6.69. The summed E-state index contributed by atoms with van der Waals surface area (Å²) in [5.74, 6) is 0.0314.